The molecule has 0 saturated carbocycles. The van der Waals surface area contributed by atoms with E-state index in [1.165, 1.54) is 40.0 Å². The third kappa shape index (κ3) is 3.99. The summed E-state index contributed by atoms with van der Waals surface area (Å²) >= 11 is 4.70. The number of hydrogen-bond donors (Lipinski definition) is 1. The summed E-state index contributed by atoms with van der Waals surface area (Å²) in [7, 11) is 0. The van der Waals surface area contributed by atoms with Gasteiger partial charge >= 0.3 is 0 Å². The van der Waals surface area contributed by atoms with Crippen LogP contribution in [0.15, 0.2) is 47.1 Å². The van der Waals surface area contributed by atoms with Crippen molar-refractivity contribution in [1.82, 2.24) is 15.0 Å². The predicted octanol–water partition coefficient (Wildman–Crippen LogP) is 5.67. The SMILES string of the molecule is CC1CCc2c(sc3ncnc(SCC(=O)Nc4nc(-c5ccccc5)cs4)c23)C1. The molecule has 1 aliphatic carbocycles. The monoisotopic (exact) mass is 452 g/mol. The minimum Gasteiger partial charge on any atom is -0.301 e. The van der Waals surface area contributed by atoms with E-state index in [2.05, 4.69) is 27.2 Å². The quantitative estimate of drug-likeness (QED) is 0.312. The summed E-state index contributed by atoms with van der Waals surface area (Å²) in [5.74, 6) is 0.950. The summed E-state index contributed by atoms with van der Waals surface area (Å²) in [6.45, 7) is 2.31. The van der Waals surface area contributed by atoms with Crippen LogP contribution in [0.2, 0.25) is 0 Å². The number of anilines is 1. The fraction of sp³-hybridized carbons (Fsp3) is 0.273. The first-order valence-corrected chi connectivity index (χ1v) is 12.5. The van der Waals surface area contributed by atoms with Crippen molar-refractivity contribution in [2.45, 2.75) is 31.2 Å². The van der Waals surface area contributed by atoms with Crippen LogP contribution in [0.3, 0.4) is 0 Å². The molecular weight excluding hydrogens is 432 g/mol. The number of thioether (sulfide) groups is 1. The van der Waals surface area contributed by atoms with Gasteiger partial charge in [0.05, 0.1) is 11.4 Å². The number of thiazole rings is 1. The highest BCUT2D eigenvalue weighted by Crippen LogP contribution is 2.40. The van der Waals surface area contributed by atoms with E-state index >= 15 is 0 Å². The standard InChI is InChI=1S/C22H20N4OS3/c1-13-7-8-15-17(9-13)30-21-19(15)20(23-12-24-21)28-11-18(27)26-22-25-16(10-29-22)14-5-3-2-4-6-14/h2-6,10,12-13H,7-9,11H2,1H3,(H,25,26,27). The van der Waals surface area contributed by atoms with Gasteiger partial charge in [0.1, 0.15) is 16.2 Å². The maximum atomic E-state index is 12.5. The van der Waals surface area contributed by atoms with Gasteiger partial charge in [-0.05, 0) is 30.7 Å². The highest BCUT2D eigenvalue weighted by Gasteiger charge is 2.23. The third-order valence-corrected chi connectivity index (χ3v) is 8.13. The zero-order chi connectivity index (χ0) is 20.5. The van der Waals surface area contributed by atoms with Crippen molar-refractivity contribution in [3.05, 3.63) is 52.5 Å². The van der Waals surface area contributed by atoms with Crippen LogP contribution >= 0.6 is 34.4 Å². The van der Waals surface area contributed by atoms with Gasteiger partial charge in [-0.25, -0.2) is 15.0 Å². The van der Waals surface area contributed by atoms with Crippen molar-refractivity contribution in [2.75, 3.05) is 11.1 Å². The lowest BCUT2D eigenvalue weighted by Gasteiger charge is -2.18. The van der Waals surface area contributed by atoms with Gasteiger partial charge < -0.3 is 5.32 Å². The molecule has 1 unspecified atom stereocenters. The Morgan fingerprint density at radius 3 is 3.00 bits per heavy atom. The second-order valence-corrected chi connectivity index (χ2v) is 10.4. The van der Waals surface area contributed by atoms with Gasteiger partial charge in [0, 0.05) is 21.2 Å². The van der Waals surface area contributed by atoms with E-state index in [0.717, 1.165) is 45.3 Å². The summed E-state index contributed by atoms with van der Waals surface area (Å²) in [4.78, 5) is 28.5. The molecule has 152 valence electrons. The van der Waals surface area contributed by atoms with E-state index in [0.29, 0.717) is 10.9 Å². The normalized spacial score (nSPS) is 15.8. The lowest BCUT2D eigenvalue weighted by molar-refractivity contribution is -0.113. The van der Waals surface area contributed by atoms with Crippen molar-refractivity contribution in [3.63, 3.8) is 0 Å². The third-order valence-electron chi connectivity index (χ3n) is 5.22. The Balaban J connectivity index is 1.28. The Morgan fingerprint density at radius 1 is 1.27 bits per heavy atom. The summed E-state index contributed by atoms with van der Waals surface area (Å²) in [5, 5.41) is 7.57. The van der Waals surface area contributed by atoms with Gasteiger partial charge in [-0.2, -0.15) is 0 Å². The molecule has 1 N–H and O–H groups in total. The number of nitrogens with zero attached hydrogens (tertiary/aromatic N) is 3. The lowest BCUT2D eigenvalue weighted by atomic mass is 9.89. The number of amides is 1. The van der Waals surface area contributed by atoms with Crippen LogP contribution in [0.5, 0.6) is 0 Å². The van der Waals surface area contributed by atoms with E-state index in [1.807, 2.05) is 35.7 Å². The average molecular weight is 453 g/mol. The molecule has 8 heteroatoms. The van der Waals surface area contributed by atoms with Crippen molar-refractivity contribution >= 4 is 55.7 Å². The smallest absolute Gasteiger partial charge is 0.236 e. The van der Waals surface area contributed by atoms with E-state index in [4.69, 9.17) is 0 Å². The Kier molecular flexibility index (Phi) is 5.54. The first-order chi connectivity index (χ1) is 14.7. The molecular formula is C22H20N4OS3. The van der Waals surface area contributed by atoms with Gasteiger partial charge in [0.25, 0.3) is 0 Å². The van der Waals surface area contributed by atoms with Gasteiger partial charge in [-0.3, -0.25) is 4.79 Å². The molecule has 1 amide bonds. The molecule has 5 rings (SSSR count). The number of thiophene rings is 1. The Labute approximate surface area is 187 Å². The van der Waals surface area contributed by atoms with E-state index < -0.39 is 0 Å². The fourth-order valence-electron chi connectivity index (χ4n) is 3.72. The van der Waals surface area contributed by atoms with Crippen molar-refractivity contribution in [3.8, 4) is 11.3 Å². The van der Waals surface area contributed by atoms with Crippen LogP contribution in [0.4, 0.5) is 5.13 Å². The summed E-state index contributed by atoms with van der Waals surface area (Å²) in [6.07, 6.45) is 5.01. The van der Waals surface area contributed by atoms with Crippen molar-refractivity contribution in [1.29, 1.82) is 0 Å². The second kappa shape index (κ2) is 8.45. The van der Waals surface area contributed by atoms with Gasteiger partial charge in [0.15, 0.2) is 5.13 Å². The van der Waals surface area contributed by atoms with Crippen LogP contribution in [0, 0.1) is 5.92 Å². The number of carbonyl (C=O) groups is 1. The number of aryl methyl sites for hydroxylation is 1. The molecule has 1 aliphatic rings. The van der Waals surface area contributed by atoms with Crippen LogP contribution < -0.4 is 5.32 Å². The molecule has 0 spiro atoms. The Hall–Kier alpha value is -2.29. The predicted molar refractivity (Wildman–Crippen MR) is 126 cm³/mol. The number of rotatable bonds is 5. The average Bonchev–Trinajstić information content (AvgIpc) is 3.37. The topological polar surface area (TPSA) is 67.8 Å². The number of hydrogen-bond acceptors (Lipinski definition) is 7. The van der Waals surface area contributed by atoms with E-state index in [-0.39, 0.29) is 5.91 Å². The number of nitrogens with one attached hydrogen (secondary N) is 1. The molecule has 5 nitrogen and oxygen atoms in total. The summed E-state index contributed by atoms with van der Waals surface area (Å²) in [6, 6.07) is 9.97. The molecule has 0 bridgehead atoms. The zero-order valence-corrected chi connectivity index (χ0v) is 18.9. The zero-order valence-electron chi connectivity index (χ0n) is 16.4. The highest BCUT2D eigenvalue weighted by atomic mass is 32.2. The molecule has 3 heterocycles. The number of fused-ring (bicyclic) bond motifs is 3. The molecule has 0 saturated heterocycles. The molecule has 0 radical (unpaired) electrons. The van der Waals surface area contributed by atoms with Crippen LogP contribution in [0.1, 0.15) is 23.8 Å². The Morgan fingerprint density at radius 2 is 2.13 bits per heavy atom. The molecule has 30 heavy (non-hydrogen) atoms. The number of benzene rings is 1. The summed E-state index contributed by atoms with van der Waals surface area (Å²) in [5.41, 5.74) is 3.31. The van der Waals surface area contributed by atoms with Crippen LogP contribution in [0.25, 0.3) is 21.5 Å². The maximum absolute atomic E-state index is 12.5. The first kappa shape index (κ1) is 19.7. The maximum Gasteiger partial charge on any atom is 0.236 e. The fourth-order valence-corrected chi connectivity index (χ4v) is 6.69. The summed E-state index contributed by atoms with van der Waals surface area (Å²) < 4.78 is 0. The number of aromatic nitrogens is 3. The van der Waals surface area contributed by atoms with Crippen LogP contribution in [-0.2, 0) is 17.6 Å². The molecule has 3 aromatic heterocycles. The molecule has 1 aromatic carbocycles. The first-order valence-electron chi connectivity index (χ1n) is 9.86. The number of carbonyl (C=O) groups excluding carboxylic acids is 1. The van der Waals surface area contributed by atoms with E-state index in [1.54, 1.807) is 17.7 Å². The lowest BCUT2D eigenvalue weighted by Crippen LogP contribution is -2.14. The van der Waals surface area contributed by atoms with Gasteiger partial charge in [-0.15, -0.1) is 22.7 Å². The van der Waals surface area contributed by atoms with Crippen LogP contribution in [-0.4, -0.2) is 26.6 Å². The molecule has 4 aromatic rings. The van der Waals surface area contributed by atoms with Gasteiger partial charge in [-0.1, -0.05) is 49.0 Å². The molecule has 0 aliphatic heterocycles. The molecule has 1 atom stereocenters. The van der Waals surface area contributed by atoms with E-state index in [9.17, 15) is 4.79 Å². The minimum atomic E-state index is -0.0709. The largest absolute Gasteiger partial charge is 0.301 e. The van der Waals surface area contributed by atoms with Gasteiger partial charge in [0.2, 0.25) is 5.91 Å². The van der Waals surface area contributed by atoms with Crippen molar-refractivity contribution in [2.24, 2.45) is 5.92 Å². The Bertz CT molecular complexity index is 1200. The minimum absolute atomic E-state index is 0.0709. The highest BCUT2D eigenvalue weighted by molar-refractivity contribution is 8.00. The van der Waals surface area contributed by atoms with Crippen molar-refractivity contribution < 1.29 is 4.79 Å². The second-order valence-electron chi connectivity index (χ2n) is 7.45. The molecule has 0 fully saturated rings.